The molecule has 0 saturated carbocycles. The Hall–Kier alpha value is 0.690. The van der Waals surface area contributed by atoms with Crippen molar-refractivity contribution in [1.29, 1.82) is 0 Å². The van der Waals surface area contributed by atoms with Crippen molar-refractivity contribution in [1.82, 2.24) is 0 Å². The third-order valence-electron chi connectivity index (χ3n) is 3.70. The van der Waals surface area contributed by atoms with Crippen LogP contribution >= 0.6 is 0 Å². The molecule has 1 aliphatic heterocycles. The quantitative estimate of drug-likeness (QED) is 0.513. The number of hydrogen-bond donors (Lipinski definition) is 0. The summed E-state index contributed by atoms with van der Waals surface area (Å²) >= 11 is 0. The summed E-state index contributed by atoms with van der Waals surface area (Å²) in [5.74, 6) is 0. The Bertz CT molecular complexity index is 139. The van der Waals surface area contributed by atoms with Crippen LogP contribution in [0.1, 0.15) is 58.8 Å². The first-order valence-corrected chi connectivity index (χ1v) is 6.68. The number of halogens is 1. The van der Waals surface area contributed by atoms with Crippen LogP contribution < -0.4 is 24.0 Å². The summed E-state index contributed by atoms with van der Waals surface area (Å²) in [5, 5.41) is 0. The summed E-state index contributed by atoms with van der Waals surface area (Å²) in [5.41, 5.74) is 0. The summed E-state index contributed by atoms with van der Waals surface area (Å²) in [6.07, 6.45) is 10.1. The second-order valence-corrected chi connectivity index (χ2v) is 5.00. The van der Waals surface area contributed by atoms with Crippen LogP contribution in [-0.4, -0.2) is 30.7 Å². The maximum Gasteiger partial charge on any atom is 0.0786 e. The Morgan fingerprint density at radius 2 is 1.40 bits per heavy atom. The lowest BCUT2D eigenvalue weighted by Gasteiger charge is -2.37. The molecule has 15 heavy (non-hydrogen) atoms. The van der Waals surface area contributed by atoms with Crippen LogP contribution in [0.5, 0.6) is 0 Å². The molecule has 1 rings (SSSR count). The molecule has 0 spiro atoms. The van der Waals surface area contributed by atoms with Crippen LogP contribution in [0.2, 0.25) is 0 Å². The summed E-state index contributed by atoms with van der Waals surface area (Å²) < 4.78 is 1.45. The molecule has 0 unspecified atom stereocenters. The van der Waals surface area contributed by atoms with Crippen LogP contribution in [0.15, 0.2) is 0 Å². The fraction of sp³-hybridized carbons (Fsp3) is 1.00. The Labute approximate surface area is 113 Å². The van der Waals surface area contributed by atoms with Gasteiger partial charge in [-0.25, -0.2) is 0 Å². The number of likely N-dealkylation sites (tertiary alicyclic amines) is 1. The first kappa shape index (κ1) is 15.7. The SMILES string of the molecule is CCCC[N+]1(CCC)CCCCCC1.[I-]. The third-order valence-corrected chi connectivity index (χ3v) is 3.70. The molecule has 1 heterocycles. The fourth-order valence-corrected chi connectivity index (χ4v) is 2.89. The predicted molar refractivity (Wildman–Crippen MR) is 63.4 cm³/mol. The smallest absolute Gasteiger partial charge is 0.0786 e. The van der Waals surface area contributed by atoms with Crippen molar-refractivity contribution in [2.75, 3.05) is 26.2 Å². The molecule has 1 fully saturated rings. The zero-order valence-electron chi connectivity index (χ0n) is 10.6. The van der Waals surface area contributed by atoms with E-state index in [4.69, 9.17) is 0 Å². The summed E-state index contributed by atoms with van der Waals surface area (Å²) in [6, 6.07) is 0. The zero-order chi connectivity index (χ0) is 10.3. The minimum absolute atomic E-state index is 0. The molecule has 2 heteroatoms. The number of quaternary nitrogens is 1. The highest BCUT2D eigenvalue weighted by Crippen LogP contribution is 2.20. The monoisotopic (exact) mass is 325 g/mol. The molecule has 0 bridgehead atoms. The van der Waals surface area contributed by atoms with E-state index in [1.807, 2.05) is 0 Å². The molecule has 0 aromatic rings. The minimum atomic E-state index is 0. The van der Waals surface area contributed by atoms with Gasteiger partial charge in [0.25, 0.3) is 0 Å². The van der Waals surface area contributed by atoms with E-state index in [-0.39, 0.29) is 24.0 Å². The molecule has 0 aliphatic carbocycles. The minimum Gasteiger partial charge on any atom is -1.00 e. The van der Waals surface area contributed by atoms with Gasteiger partial charge in [-0.05, 0) is 38.5 Å². The van der Waals surface area contributed by atoms with Gasteiger partial charge in [0, 0.05) is 0 Å². The van der Waals surface area contributed by atoms with Gasteiger partial charge in [0.1, 0.15) is 0 Å². The van der Waals surface area contributed by atoms with Gasteiger partial charge in [-0.2, -0.15) is 0 Å². The molecular weight excluding hydrogens is 297 g/mol. The molecule has 0 aromatic heterocycles. The van der Waals surface area contributed by atoms with Crippen LogP contribution in [0.3, 0.4) is 0 Å². The lowest BCUT2D eigenvalue weighted by atomic mass is 10.2. The second-order valence-electron chi connectivity index (χ2n) is 5.00. The van der Waals surface area contributed by atoms with Crippen molar-refractivity contribution in [3.8, 4) is 0 Å². The normalized spacial score (nSPS) is 20.4. The maximum atomic E-state index is 2.34. The highest BCUT2D eigenvalue weighted by atomic mass is 127. The Balaban J connectivity index is 0.00000196. The molecule has 1 saturated heterocycles. The van der Waals surface area contributed by atoms with Crippen molar-refractivity contribution in [2.24, 2.45) is 0 Å². The highest BCUT2D eigenvalue weighted by molar-refractivity contribution is 4.54. The van der Waals surface area contributed by atoms with Crippen molar-refractivity contribution >= 4 is 0 Å². The van der Waals surface area contributed by atoms with Crippen molar-refractivity contribution in [3.63, 3.8) is 0 Å². The second kappa shape index (κ2) is 8.80. The van der Waals surface area contributed by atoms with E-state index >= 15 is 0 Å². The van der Waals surface area contributed by atoms with E-state index in [0.717, 1.165) is 0 Å². The highest BCUT2D eigenvalue weighted by Gasteiger charge is 2.26. The van der Waals surface area contributed by atoms with Gasteiger partial charge in [0.15, 0.2) is 0 Å². The molecule has 1 aliphatic rings. The summed E-state index contributed by atoms with van der Waals surface area (Å²) in [4.78, 5) is 0. The van der Waals surface area contributed by atoms with E-state index in [1.165, 1.54) is 75.6 Å². The lowest BCUT2D eigenvalue weighted by Crippen LogP contribution is -3.00. The maximum absolute atomic E-state index is 2.34. The van der Waals surface area contributed by atoms with Crippen molar-refractivity contribution < 1.29 is 28.5 Å². The van der Waals surface area contributed by atoms with Gasteiger partial charge in [-0.1, -0.05) is 20.3 Å². The van der Waals surface area contributed by atoms with Gasteiger partial charge < -0.3 is 28.5 Å². The average molecular weight is 325 g/mol. The van der Waals surface area contributed by atoms with Crippen LogP contribution in [0.4, 0.5) is 0 Å². The van der Waals surface area contributed by atoms with Gasteiger partial charge in [0.2, 0.25) is 0 Å². The fourth-order valence-electron chi connectivity index (χ4n) is 2.89. The van der Waals surface area contributed by atoms with Gasteiger partial charge in [-0.15, -0.1) is 0 Å². The Morgan fingerprint density at radius 1 is 0.800 bits per heavy atom. The molecule has 0 atom stereocenters. The van der Waals surface area contributed by atoms with Gasteiger partial charge in [0.05, 0.1) is 26.2 Å². The largest absolute Gasteiger partial charge is 1.00 e. The van der Waals surface area contributed by atoms with Crippen molar-refractivity contribution in [3.05, 3.63) is 0 Å². The zero-order valence-corrected chi connectivity index (χ0v) is 12.8. The Morgan fingerprint density at radius 3 is 1.87 bits per heavy atom. The van der Waals surface area contributed by atoms with Gasteiger partial charge in [-0.3, -0.25) is 0 Å². The van der Waals surface area contributed by atoms with E-state index in [9.17, 15) is 0 Å². The van der Waals surface area contributed by atoms with Crippen LogP contribution in [-0.2, 0) is 0 Å². The molecular formula is C13H28IN. The molecule has 0 amide bonds. The van der Waals surface area contributed by atoms with E-state index in [1.54, 1.807) is 0 Å². The van der Waals surface area contributed by atoms with Crippen molar-refractivity contribution in [2.45, 2.75) is 58.8 Å². The number of hydrogen-bond acceptors (Lipinski definition) is 0. The van der Waals surface area contributed by atoms with Crippen LogP contribution in [0.25, 0.3) is 0 Å². The molecule has 92 valence electrons. The third kappa shape index (κ3) is 5.53. The van der Waals surface area contributed by atoms with E-state index < -0.39 is 0 Å². The number of nitrogens with zero attached hydrogens (tertiary/aromatic N) is 1. The predicted octanol–water partition coefficient (Wildman–Crippen LogP) is 0.591. The van der Waals surface area contributed by atoms with E-state index in [0.29, 0.717) is 0 Å². The molecule has 0 radical (unpaired) electrons. The number of unbranched alkanes of at least 4 members (excludes halogenated alkanes) is 1. The van der Waals surface area contributed by atoms with Crippen LogP contribution in [0, 0.1) is 0 Å². The first-order chi connectivity index (χ1) is 6.83. The molecule has 1 nitrogen and oxygen atoms in total. The number of rotatable bonds is 5. The summed E-state index contributed by atoms with van der Waals surface area (Å²) in [6.45, 7) is 10.5. The van der Waals surface area contributed by atoms with E-state index in [2.05, 4.69) is 13.8 Å². The molecule has 0 aromatic carbocycles. The topological polar surface area (TPSA) is 0 Å². The lowest BCUT2D eigenvalue weighted by molar-refractivity contribution is -0.927. The van der Waals surface area contributed by atoms with Gasteiger partial charge >= 0.3 is 0 Å². The molecule has 0 N–H and O–H groups in total. The summed E-state index contributed by atoms with van der Waals surface area (Å²) in [7, 11) is 0. The average Bonchev–Trinajstić information content (AvgIpc) is 2.42. The standard InChI is InChI=1S/C13H28N.HI/c1-3-5-11-14(10-4-2)12-8-6-7-9-13-14;/h3-13H2,1-2H3;1H/q+1;/p-1. The first-order valence-electron chi connectivity index (χ1n) is 6.68. The Kier molecular flexibility index (Phi) is 9.20.